The molecule has 0 bridgehead atoms. The summed E-state index contributed by atoms with van der Waals surface area (Å²) in [7, 11) is 0. The number of anilines is 1. The number of amides is 1. The fraction of sp³-hybridized carbons (Fsp3) is 0.333. The normalized spacial score (nSPS) is 17.1. The van der Waals surface area contributed by atoms with E-state index in [2.05, 4.69) is 15.0 Å². The summed E-state index contributed by atoms with van der Waals surface area (Å²) in [5.74, 6) is -1.35. The van der Waals surface area contributed by atoms with Gasteiger partial charge in [-0.2, -0.15) is 0 Å². The predicted octanol–water partition coefficient (Wildman–Crippen LogP) is 3.97. The second kappa shape index (κ2) is 9.06. The van der Waals surface area contributed by atoms with Crippen LogP contribution in [0.3, 0.4) is 0 Å². The molecule has 2 aromatic rings. The highest BCUT2D eigenvalue weighted by Gasteiger charge is 2.31. The molecule has 160 valence electrons. The number of carbonyl (C=O) groups excluding carboxylic acids is 1. The molecule has 0 aliphatic carbocycles. The van der Waals surface area contributed by atoms with E-state index in [0.29, 0.717) is 17.9 Å². The highest BCUT2D eigenvalue weighted by atomic mass is 19.4. The average Bonchev–Trinajstić information content (AvgIpc) is 3.11. The van der Waals surface area contributed by atoms with E-state index < -0.39 is 12.3 Å². The number of hydrogen-bond donors (Lipinski definition) is 2. The van der Waals surface area contributed by atoms with Crippen molar-refractivity contribution in [3.05, 3.63) is 59.7 Å². The second-order valence-corrected chi connectivity index (χ2v) is 7.00. The van der Waals surface area contributed by atoms with Crippen molar-refractivity contribution < 1.29 is 27.4 Å². The predicted molar refractivity (Wildman–Crippen MR) is 106 cm³/mol. The number of nitrogens with one attached hydrogen (secondary N) is 1. The number of benzene rings is 2. The number of nitrogens with two attached hydrogens (primary N) is 1. The van der Waals surface area contributed by atoms with Crippen LogP contribution in [0.5, 0.6) is 5.75 Å². The maximum absolute atomic E-state index is 12.5. The summed E-state index contributed by atoms with van der Waals surface area (Å²) >= 11 is 0. The first-order valence-corrected chi connectivity index (χ1v) is 9.41. The van der Waals surface area contributed by atoms with E-state index in [1.807, 2.05) is 12.1 Å². The van der Waals surface area contributed by atoms with Crippen LogP contribution in [0.1, 0.15) is 30.4 Å². The summed E-state index contributed by atoms with van der Waals surface area (Å²) < 4.78 is 46.2. The van der Waals surface area contributed by atoms with Gasteiger partial charge in [0, 0.05) is 5.69 Å². The van der Waals surface area contributed by atoms with Gasteiger partial charge in [-0.1, -0.05) is 24.3 Å². The molecule has 1 unspecified atom stereocenters. The van der Waals surface area contributed by atoms with E-state index >= 15 is 0 Å². The first-order valence-electron chi connectivity index (χ1n) is 9.41. The Labute approximate surface area is 171 Å². The first-order chi connectivity index (χ1) is 14.2. The van der Waals surface area contributed by atoms with Gasteiger partial charge < -0.3 is 20.5 Å². The van der Waals surface area contributed by atoms with Gasteiger partial charge in [-0.3, -0.25) is 4.79 Å². The molecule has 1 heterocycles. The van der Waals surface area contributed by atoms with Crippen molar-refractivity contribution in [2.24, 2.45) is 10.7 Å². The zero-order chi connectivity index (χ0) is 21.7. The summed E-state index contributed by atoms with van der Waals surface area (Å²) in [6, 6.07) is 13.1. The number of halogens is 3. The summed E-state index contributed by atoms with van der Waals surface area (Å²) in [5, 5.41) is 2.78. The number of rotatable bonds is 7. The van der Waals surface area contributed by atoms with E-state index in [-0.39, 0.29) is 23.7 Å². The minimum absolute atomic E-state index is 0.0577. The fourth-order valence-electron chi connectivity index (χ4n) is 3.05. The molecule has 6 nitrogen and oxygen atoms in total. The van der Waals surface area contributed by atoms with Crippen molar-refractivity contribution in [3.63, 3.8) is 0 Å². The quantitative estimate of drug-likeness (QED) is 0.708. The van der Waals surface area contributed by atoms with Gasteiger partial charge in [0.2, 0.25) is 5.91 Å². The lowest BCUT2D eigenvalue weighted by atomic mass is 10.00. The van der Waals surface area contributed by atoms with Gasteiger partial charge in [0.15, 0.2) is 0 Å². The molecule has 0 saturated heterocycles. The van der Waals surface area contributed by atoms with Crippen LogP contribution in [0, 0.1) is 0 Å². The van der Waals surface area contributed by atoms with E-state index in [9.17, 15) is 18.0 Å². The number of carbonyl (C=O) groups is 1. The van der Waals surface area contributed by atoms with Gasteiger partial charge in [0.25, 0.3) is 6.02 Å². The van der Waals surface area contributed by atoms with Crippen LogP contribution in [-0.2, 0) is 16.0 Å². The molecule has 3 rings (SSSR count). The Balaban J connectivity index is 1.55. The zero-order valence-electron chi connectivity index (χ0n) is 16.3. The average molecular weight is 421 g/mol. The molecule has 0 fully saturated rings. The van der Waals surface area contributed by atoms with Gasteiger partial charge in [0.1, 0.15) is 12.4 Å². The number of aliphatic imine (C=N–C) groups is 1. The van der Waals surface area contributed by atoms with Crippen molar-refractivity contribution in [3.8, 4) is 5.75 Å². The molecule has 3 N–H and O–H groups in total. The Morgan fingerprint density at radius 2 is 2.03 bits per heavy atom. The molecule has 2 aromatic carbocycles. The van der Waals surface area contributed by atoms with Gasteiger partial charge in [0.05, 0.1) is 12.0 Å². The Hall–Kier alpha value is -3.23. The molecular formula is C21H22F3N3O3. The lowest BCUT2D eigenvalue weighted by Crippen LogP contribution is -2.20. The lowest BCUT2D eigenvalue weighted by molar-refractivity contribution is -0.274. The number of aryl methyl sites for hydroxylation is 1. The number of alkyl halides is 3. The maximum atomic E-state index is 12.5. The number of hydrogen-bond acceptors (Lipinski definition) is 5. The standard InChI is InChI=1S/C21H22F3N3O3/c1-13(15-3-2-4-18(11-15)30-21(22,23)24)19(28)26-16-8-5-14(6-9-16)7-10-17-12-29-20(25)27-17/h2-6,8-9,11,13,17H,7,10,12H2,1H3,(H2,25,27)(H,26,28)/t13?,17-/m0/s1. The Bertz CT molecular complexity index is 914. The molecule has 1 aliphatic rings. The molecule has 2 atom stereocenters. The Kier molecular flexibility index (Phi) is 6.49. The van der Waals surface area contributed by atoms with Crippen molar-refractivity contribution in [2.45, 2.75) is 38.1 Å². The van der Waals surface area contributed by atoms with Gasteiger partial charge >= 0.3 is 6.36 Å². The van der Waals surface area contributed by atoms with Crippen LogP contribution >= 0.6 is 0 Å². The lowest BCUT2D eigenvalue weighted by Gasteiger charge is -2.15. The van der Waals surface area contributed by atoms with E-state index in [0.717, 1.165) is 18.4 Å². The smallest absolute Gasteiger partial charge is 0.463 e. The van der Waals surface area contributed by atoms with E-state index in [4.69, 9.17) is 10.5 Å². The Morgan fingerprint density at radius 1 is 1.30 bits per heavy atom. The highest BCUT2D eigenvalue weighted by molar-refractivity contribution is 5.95. The Morgan fingerprint density at radius 3 is 2.67 bits per heavy atom. The van der Waals surface area contributed by atoms with Crippen LogP contribution in [-0.4, -0.2) is 30.9 Å². The van der Waals surface area contributed by atoms with Gasteiger partial charge in [-0.05, 0) is 55.2 Å². The fourth-order valence-corrected chi connectivity index (χ4v) is 3.05. The van der Waals surface area contributed by atoms with E-state index in [1.54, 1.807) is 25.1 Å². The molecule has 0 aromatic heterocycles. The number of amidine groups is 1. The summed E-state index contributed by atoms with van der Waals surface area (Å²) in [4.78, 5) is 16.7. The minimum atomic E-state index is -4.78. The summed E-state index contributed by atoms with van der Waals surface area (Å²) in [5.41, 5.74) is 7.60. The first kappa shape index (κ1) is 21.5. The monoisotopic (exact) mass is 421 g/mol. The summed E-state index contributed by atoms with van der Waals surface area (Å²) in [6.45, 7) is 2.11. The maximum Gasteiger partial charge on any atom is 0.573 e. The van der Waals surface area contributed by atoms with Gasteiger partial charge in [-0.25, -0.2) is 4.99 Å². The largest absolute Gasteiger partial charge is 0.573 e. The topological polar surface area (TPSA) is 85.9 Å². The molecule has 1 aliphatic heterocycles. The molecule has 9 heteroatoms. The van der Waals surface area contributed by atoms with Crippen LogP contribution in [0.2, 0.25) is 0 Å². The molecular weight excluding hydrogens is 399 g/mol. The highest BCUT2D eigenvalue weighted by Crippen LogP contribution is 2.27. The molecule has 0 saturated carbocycles. The van der Waals surface area contributed by atoms with Crippen molar-refractivity contribution in [1.29, 1.82) is 0 Å². The summed E-state index contributed by atoms with van der Waals surface area (Å²) in [6.07, 6.45) is -3.18. The van der Waals surface area contributed by atoms with Crippen molar-refractivity contribution >= 4 is 17.6 Å². The van der Waals surface area contributed by atoms with Crippen LogP contribution in [0.4, 0.5) is 18.9 Å². The molecule has 0 radical (unpaired) electrons. The third-order valence-corrected chi connectivity index (χ3v) is 4.71. The van der Waals surface area contributed by atoms with Crippen LogP contribution < -0.4 is 15.8 Å². The minimum Gasteiger partial charge on any atom is -0.463 e. The number of ether oxygens (including phenoxy) is 2. The molecule has 1 amide bonds. The van der Waals surface area contributed by atoms with Gasteiger partial charge in [-0.15, -0.1) is 13.2 Å². The van der Waals surface area contributed by atoms with Crippen molar-refractivity contribution in [2.75, 3.05) is 11.9 Å². The second-order valence-electron chi connectivity index (χ2n) is 7.00. The third kappa shape index (κ3) is 6.13. The molecule has 0 spiro atoms. The number of nitrogens with zero attached hydrogens (tertiary/aromatic N) is 1. The zero-order valence-corrected chi connectivity index (χ0v) is 16.3. The van der Waals surface area contributed by atoms with Crippen molar-refractivity contribution in [1.82, 2.24) is 0 Å². The van der Waals surface area contributed by atoms with E-state index in [1.165, 1.54) is 18.2 Å². The third-order valence-electron chi connectivity index (χ3n) is 4.71. The van der Waals surface area contributed by atoms with Crippen LogP contribution in [0.15, 0.2) is 53.5 Å². The SMILES string of the molecule is CC(C(=O)Nc1ccc(CC[C@H]2COC(N)=N2)cc1)c1cccc(OC(F)(F)F)c1. The molecule has 30 heavy (non-hydrogen) atoms. The van der Waals surface area contributed by atoms with Crippen LogP contribution in [0.25, 0.3) is 0 Å².